The lowest BCUT2D eigenvalue weighted by atomic mass is 10.0. The molecule has 0 aliphatic heterocycles. The van der Waals surface area contributed by atoms with Gasteiger partial charge in [-0.2, -0.15) is 0 Å². The van der Waals surface area contributed by atoms with E-state index in [1.54, 1.807) is 0 Å². The van der Waals surface area contributed by atoms with Gasteiger partial charge in [0.2, 0.25) is 0 Å². The molecule has 22 heavy (non-hydrogen) atoms. The van der Waals surface area contributed by atoms with E-state index in [9.17, 15) is 0 Å². The molecule has 3 heteroatoms. The molecule has 0 radical (unpaired) electrons. The highest BCUT2D eigenvalue weighted by atomic mass is 16.5. The van der Waals surface area contributed by atoms with Crippen molar-refractivity contribution in [2.24, 2.45) is 0 Å². The Morgan fingerprint density at radius 1 is 0.773 bits per heavy atom. The van der Waals surface area contributed by atoms with Crippen molar-refractivity contribution in [3.8, 4) is 0 Å². The lowest BCUT2D eigenvalue weighted by Crippen LogP contribution is -2.19. The molecule has 0 fully saturated rings. The number of unbranched alkanes of at least 4 members (excludes halogenated alkanes) is 12. The monoisotopic (exact) mass is 317 g/mol. The van der Waals surface area contributed by atoms with Crippen LogP contribution in [0, 0.1) is 0 Å². The van der Waals surface area contributed by atoms with Gasteiger partial charge < -0.3 is 14.9 Å². The van der Waals surface area contributed by atoms with E-state index in [1.807, 2.05) is 0 Å². The molecule has 3 nitrogen and oxygen atoms in total. The summed E-state index contributed by atoms with van der Waals surface area (Å²) in [5.74, 6) is 0. The summed E-state index contributed by atoms with van der Waals surface area (Å²) in [5, 5.41) is 17.8. The van der Waals surface area contributed by atoms with Crippen LogP contribution < -0.4 is 0 Å². The number of aliphatic hydroxyl groups is 2. The van der Waals surface area contributed by atoms with Crippen molar-refractivity contribution in [3.05, 3.63) is 0 Å². The molecule has 0 saturated carbocycles. The largest absolute Gasteiger partial charge is 0.394 e. The predicted molar refractivity (Wildman–Crippen MR) is 94.2 cm³/mol. The molecule has 0 bridgehead atoms. The van der Waals surface area contributed by atoms with Gasteiger partial charge in [0, 0.05) is 6.58 Å². The highest BCUT2D eigenvalue weighted by Crippen LogP contribution is 2.12. The van der Waals surface area contributed by atoms with Crippen molar-refractivity contribution in [2.45, 2.75) is 103 Å². The third-order valence-corrected chi connectivity index (χ3v) is 4.04. The Balaban J connectivity index is 3.12. The number of aliphatic hydroxyl groups excluding tert-OH is 2. The van der Waals surface area contributed by atoms with Crippen molar-refractivity contribution in [1.82, 2.24) is 0 Å². The van der Waals surface area contributed by atoms with Crippen molar-refractivity contribution >= 4 is 0 Å². The zero-order chi connectivity index (χ0) is 17.2. The number of hydrogen-bond acceptors (Lipinski definition) is 3. The lowest BCUT2D eigenvalue weighted by molar-refractivity contribution is 0.00526. The van der Waals surface area contributed by atoms with E-state index in [2.05, 4.69) is 6.92 Å². The third kappa shape index (κ3) is 17.9. The Bertz CT molecular complexity index is 227. The standard InChI is InChI=1S/C19H40O3/c1-2-3-4-5-6-7-8-9-10-11-12-13-14-15-16-22-18-19(21)17-20/h19-21H,2-18H2,1H3/i16D/t16-,19?/m0/s1. The molecule has 0 heterocycles. The van der Waals surface area contributed by atoms with Gasteiger partial charge in [-0.05, 0) is 6.42 Å². The van der Waals surface area contributed by atoms with Crippen LogP contribution in [0.2, 0.25) is 0 Å². The molecule has 0 aliphatic rings. The average Bonchev–Trinajstić information content (AvgIpc) is 2.56. The first kappa shape index (κ1) is 19.9. The second kappa shape index (κ2) is 18.9. The minimum absolute atomic E-state index is 0.0586. The molecule has 2 N–H and O–H groups in total. The average molecular weight is 318 g/mol. The summed E-state index contributed by atoms with van der Waals surface area (Å²) in [5.41, 5.74) is 0. The van der Waals surface area contributed by atoms with Gasteiger partial charge in [-0.3, -0.25) is 0 Å². The fourth-order valence-corrected chi connectivity index (χ4v) is 2.56. The Morgan fingerprint density at radius 2 is 1.18 bits per heavy atom. The number of ether oxygens (including phenoxy) is 1. The molecule has 0 saturated heterocycles. The summed E-state index contributed by atoms with van der Waals surface area (Å²) >= 11 is 0. The number of rotatable bonds is 18. The zero-order valence-electron chi connectivity index (χ0n) is 15.8. The van der Waals surface area contributed by atoms with Crippen LogP contribution in [0.1, 0.15) is 98.2 Å². The van der Waals surface area contributed by atoms with Crippen LogP contribution in [0.3, 0.4) is 0 Å². The number of hydrogen-bond donors (Lipinski definition) is 2. The molecule has 0 aromatic carbocycles. The van der Waals surface area contributed by atoms with Gasteiger partial charge in [0.05, 0.1) is 14.6 Å². The molecule has 0 aromatic rings. The van der Waals surface area contributed by atoms with Gasteiger partial charge in [0.1, 0.15) is 6.10 Å². The molecular weight excluding hydrogens is 276 g/mol. The van der Waals surface area contributed by atoms with Gasteiger partial charge >= 0.3 is 0 Å². The van der Waals surface area contributed by atoms with E-state index in [-0.39, 0.29) is 13.2 Å². The highest BCUT2D eigenvalue weighted by Gasteiger charge is 2.00. The molecule has 0 aliphatic carbocycles. The summed E-state index contributed by atoms with van der Waals surface area (Å²) in [6.07, 6.45) is 17.1. The van der Waals surface area contributed by atoms with Crippen molar-refractivity contribution in [3.63, 3.8) is 0 Å². The van der Waals surface area contributed by atoms with E-state index in [4.69, 9.17) is 16.3 Å². The van der Waals surface area contributed by atoms with E-state index < -0.39 is 12.7 Å². The third-order valence-electron chi connectivity index (χ3n) is 4.04. The fraction of sp³-hybridized carbons (Fsp3) is 1.00. The van der Waals surface area contributed by atoms with E-state index in [0.717, 1.165) is 19.3 Å². The van der Waals surface area contributed by atoms with Crippen molar-refractivity contribution in [2.75, 3.05) is 19.8 Å². The maximum absolute atomic E-state index is 9.13. The van der Waals surface area contributed by atoms with Gasteiger partial charge in [0.25, 0.3) is 0 Å². The Hall–Kier alpha value is -0.120. The Kier molecular flexibility index (Phi) is 17.1. The molecule has 2 atom stereocenters. The minimum Gasteiger partial charge on any atom is -0.394 e. The van der Waals surface area contributed by atoms with Gasteiger partial charge in [0.15, 0.2) is 0 Å². The maximum Gasteiger partial charge on any atom is 0.100 e. The van der Waals surface area contributed by atoms with Gasteiger partial charge in [-0.15, -0.1) is 0 Å². The summed E-state index contributed by atoms with van der Waals surface area (Å²) in [6, 6.07) is 0. The second-order valence-corrected chi connectivity index (χ2v) is 6.37. The first-order valence-electron chi connectivity index (χ1n) is 10.1. The quantitative estimate of drug-likeness (QED) is 0.356. The SMILES string of the molecule is [2H][C@@H](CCCCCCCCCCCCCCC)OCC(O)CO. The first-order valence-corrected chi connectivity index (χ1v) is 9.53. The lowest BCUT2D eigenvalue weighted by Gasteiger charge is -2.08. The predicted octanol–water partition coefficient (Wildman–Crippen LogP) is 4.84. The van der Waals surface area contributed by atoms with Crippen molar-refractivity contribution in [1.29, 1.82) is 0 Å². The summed E-state index contributed by atoms with van der Waals surface area (Å²) < 4.78 is 12.8. The van der Waals surface area contributed by atoms with E-state index in [0.29, 0.717) is 0 Å². The molecule has 1 unspecified atom stereocenters. The summed E-state index contributed by atoms with van der Waals surface area (Å²) in [7, 11) is 0. The van der Waals surface area contributed by atoms with Crippen LogP contribution >= 0.6 is 0 Å². The van der Waals surface area contributed by atoms with Crippen molar-refractivity contribution < 1.29 is 16.3 Å². The summed E-state index contributed by atoms with van der Waals surface area (Å²) in [6.45, 7) is 1.46. The minimum atomic E-state index is -0.852. The van der Waals surface area contributed by atoms with Gasteiger partial charge in [-0.1, -0.05) is 90.4 Å². The molecule has 0 spiro atoms. The Labute approximate surface area is 139 Å². The van der Waals surface area contributed by atoms with Gasteiger partial charge in [-0.25, -0.2) is 0 Å². The Morgan fingerprint density at radius 3 is 1.59 bits per heavy atom. The van der Waals surface area contributed by atoms with Crippen LogP contribution in [0.25, 0.3) is 0 Å². The second-order valence-electron chi connectivity index (χ2n) is 6.37. The van der Waals surface area contributed by atoms with Crippen LogP contribution in [0.15, 0.2) is 0 Å². The molecule has 0 amide bonds. The molecule has 0 rings (SSSR count). The van der Waals surface area contributed by atoms with E-state index in [1.165, 1.54) is 70.6 Å². The molecule has 134 valence electrons. The van der Waals surface area contributed by atoms with E-state index >= 15 is 0 Å². The van der Waals surface area contributed by atoms with Crippen LogP contribution in [-0.2, 0) is 4.74 Å². The first-order chi connectivity index (χ1) is 11.2. The normalized spacial score (nSPS) is 14.8. The topological polar surface area (TPSA) is 49.7 Å². The van der Waals surface area contributed by atoms with Crippen LogP contribution in [0.4, 0.5) is 0 Å². The van der Waals surface area contributed by atoms with Crippen LogP contribution in [-0.4, -0.2) is 36.1 Å². The summed E-state index contributed by atoms with van der Waals surface area (Å²) in [4.78, 5) is 0. The smallest absolute Gasteiger partial charge is 0.100 e. The molecular formula is C19H40O3. The zero-order valence-corrected chi connectivity index (χ0v) is 14.8. The highest BCUT2D eigenvalue weighted by molar-refractivity contribution is 4.51. The molecule has 0 aromatic heterocycles. The maximum atomic E-state index is 9.13. The van der Waals surface area contributed by atoms with Crippen LogP contribution in [0.5, 0.6) is 0 Å². The fourth-order valence-electron chi connectivity index (χ4n) is 2.56.